The summed E-state index contributed by atoms with van der Waals surface area (Å²) in [5.41, 5.74) is 1.71. The fourth-order valence-electron chi connectivity index (χ4n) is 3.20. The predicted molar refractivity (Wildman–Crippen MR) is 109 cm³/mol. The van der Waals surface area contributed by atoms with Gasteiger partial charge in [0, 0.05) is 24.9 Å². The Kier molecular flexibility index (Phi) is 5.03. The molecule has 1 aliphatic rings. The number of allylic oxidation sites excluding steroid dienone is 1. The van der Waals surface area contributed by atoms with E-state index in [2.05, 4.69) is 16.5 Å². The van der Waals surface area contributed by atoms with E-state index < -0.39 is 5.92 Å². The van der Waals surface area contributed by atoms with Gasteiger partial charge in [0.15, 0.2) is 12.4 Å². The van der Waals surface area contributed by atoms with Gasteiger partial charge in [-0.15, -0.1) is 0 Å². The van der Waals surface area contributed by atoms with Crippen LogP contribution in [0, 0.1) is 0 Å². The molecule has 0 saturated heterocycles. The second kappa shape index (κ2) is 7.53. The number of imidazole rings is 1. The summed E-state index contributed by atoms with van der Waals surface area (Å²) >= 11 is 5.97. The third-order valence-electron chi connectivity index (χ3n) is 4.78. The lowest BCUT2D eigenvalue weighted by Crippen LogP contribution is -2.38. The average Bonchev–Trinajstić information content (AvgIpc) is 3.13. The normalized spacial score (nSPS) is 13.7. The number of aryl methyl sites for hydroxylation is 1. The highest BCUT2D eigenvalue weighted by Gasteiger charge is 2.31. The van der Waals surface area contributed by atoms with Gasteiger partial charge in [-0.05, 0) is 11.6 Å². The Hall–Kier alpha value is -3.26. The van der Waals surface area contributed by atoms with Crippen molar-refractivity contribution >= 4 is 23.2 Å². The van der Waals surface area contributed by atoms with Crippen LogP contribution in [-0.2, 0) is 24.3 Å². The highest BCUT2D eigenvalue weighted by molar-refractivity contribution is 6.29. The molecule has 0 radical (unpaired) electrons. The summed E-state index contributed by atoms with van der Waals surface area (Å²) in [7, 11) is 1.65. The first-order valence-electron chi connectivity index (χ1n) is 9.02. The van der Waals surface area contributed by atoms with Crippen molar-refractivity contribution in [2.45, 2.75) is 12.5 Å². The molecule has 1 aliphatic heterocycles. The maximum Gasteiger partial charge on any atom is 0.309 e. The smallest absolute Gasteiger partial charge is 0.309 e. The van der Waals surface area contributed by atoms with Gasteiger partial charge in [0.1, 0.15) is 16.7 Å². The van der Waals surface area contributed by atoms with Gasteiger partial charge in [-0.1, -0.05) is 42.4 Å². The second-order valence-corrected chi connectivity index (χ2v) is 7.22. The van der Waals surface area contributed by atoms with E-state index in [9.17, 15) is 13.6 Å². The molecular formula is C21H17ClF2N4O2. The van der Waals surface area contributed by atoms with Crippen molar-refractivity contribution < 1.29 is 18.3 Å². The van der Waals surface area contributed by atoms with Crippen molar-refractivity contribution in [1.82, 2.24) is 14.5 Å². The zero-order valence-electron chi connectivity index (χ0n) is 16.0. The van der Waals surface area contributed by atoms with Crippen LogP contribution in [0.2, 0.25) is 5.15 Å². The number of amides is 1. The van der Waals surface area contributed by atoms with Gasteiger partial charge in [0.05, 0.1) is 18.4 Å². The Morgan fingerprint density at radius 2 is 2.07 bits per heavy atom. The van der Waals surface area contributed by atoms with Crippen LogP contribution < -0.4 is 9.64 Å². The first-order valence-corrected chi connectivity index (χ1v) is 9.39. The largest absolute Gasteiger partial charge is 0.480 e. The third-order valence-corrected chi connectivity index (χ3v) is 4.99. The van der Waals surface area contributed by atoms with Crippen LogP contribution in [0.1, 0.15) is 11.3 Å². The Morgan fingerprint density at radius 3 is 2.77 bits per heavy atom. The van der Waals surface area contributed by atoms with Gasteiger partial charge < -0.3 is 14.2 Å². The number of rotatable bonds is 5. The quantitative estimate of drug-likeness (QED) is 0.446. The first kappa shape index (κ1) is 20.0. The van der Waals surface area contributed by atoms with Crippen molar-refractivity contribution in [2.24, 2.45) is 7.05 Å². The van der Waals surface area contributed by atoms with Crippen LogP contribution >= 0.6 is 11.6 Å². The zero-order chi connectivity index (χ0) is 21.5. The van der Waals surface area contributed by atoms with Crippen LogP contribution in [0.25, 0.3) is 11.4 Å². The molecule has 0 aliphatic carbocycles. The summed E-state index contributed by atoms with van der Waals surface area (Å²) in [6.07, 6.45) is 3.34. The minimum atomic E-state index is -3.20. The van der Waals surface area contributed by atoms with E-state index in [-0.39, 0.29) is 23.4 Å². The molecule has 2 aromatic heterocycles. The van der Waals surface area contributed by atoms with Crippen LogP contribution in [0.4, 0.5) is 14.5 Å². The molecule has 154 valence electrons. The lowest BCUT2D eigenvalue weighted by molar-refractivity contribution is -0.121. The zero-order valence-corrected chi connectivity index (χ0v) is 16.7. The van der Waals surface area contributed by atoms with E-state index in [0.717, 1.165) is 5.56 Å². The molecule has 0 unspecified atom stereocenters. The van der Waals surface area contributed by atoms with Gasteiger partial charge in [-0.2, -0.15) is 8.78 Å². The molecule has 0 fully saturated rings. The highest BCUT2D eigenvalue weighted by Crippen LogP contribution is 2.34. The molecule has 30 heavy (non-hydrogen) atoms. The molecule has 6 nitrogen and oxygen atoms in total. The number of ether oxygens (including phenoxy) is 1. The van der Waals surface area contributed by atoms with E-state index in [1.165, 1.54) is 12.4 Å². The lowest BCUT2D eigenvalue weighted by Gasteiger charge is -2.29. The molecule has 1 amide bonds. The average molecular weight is 431 g/mol. The number of fused-ring (bicyclic) bond motifs is 1. The number of halogens is 3. The number of nitrogens with zero attached hydrogens (tertiary/aromatic N) is 4. The topological polar surface area (TPSA) is 60.2 Å². The maximum atomic E-state index is 13.8. The van der Waals surface area contributed by atoms with Gasteiger partial charge in [0.2, 0.25) is 0 Å². The van der Waals surface area contributed by atoms with Crippen molar-refractivity contribution in [1.29, 1.82) is 0 Å². The van der Waals surface area contributed by atoms with E-state index in [1.807, 2.05) is 12.1 Å². The molecule has 4 rings (SSSR count). The number of anilines is 1. The highest BCUT2D eigenvalue weighted by atomic mass is 35.5. The molecule has 9 heteroatoms. The van der Waals surface area contributed by atoms with E-state index in [0.29, 0.717) is 35.4 Å². The molecule has 0 N–H and O–H groups in total. The minimum Gasteiger partial charge on any atom is -0.480 e. The van der Waals surface area contributed by atoms with Gasteiger partial charge >= 0.3 is 5.92 Å². The molecule has 3 aromatic rings. The SMILES string of the molecule is C=CC(F)(F)c1cn(C)c(-c2ccc(CN3C(=O)COc4cnc(Cl)cc43)cc2)n1. The Balaban J connectivity index is 1.59. The molecule has 1 aromatic carbocycles. The standard InChI is InChI=1S/C21H17ClF2N4O2/c1-3-21(23,24)17-11-27(2)20(26-17)14-6-4-13(5-7-14)10-28-15-8-18(22)25-9-16(15)30-12-19(28)29/h3-9,11H,1,10,12H2,2H3. The van der Waals surface area contributed by atoms with Gasteiger partial charge in [-0.25, -0.2) is 9.97 Å². The number of carbonyl (C=O) groups is 1. The Bertz CT molecular complexity index is 1130. The van der Waals surface area contributed by atoms with Crippen molar-refractivity contribution in [3.63, 3.8) is 0 Å². The van der Waals surface area contributed by atoms with Gasteiger partial charge in [0.25, 0.3) is 5.91 Å². The van der Waals surface area contributed by atoms with E-state index in [1.54, 1.807) is 34.7 Å². The second-order valence-electron chi connectivity index (χ2n) is 6.83. The van der Waals surface area contributed by atoms with Crippen molar-refractivity contribution in [3.05, 3.63) is 71.8 Å². The summed E-state index contributed by atoms with van der Waals surface area (Å²) in [5, 5.41) is 0.259. The lowest BCUT2D eigenvalue weighted by atomic mass is 10.1. The molecule has 0 atom stereocenters. The molecule has 0 saturated carbocycles. The third kappa shape index (κ3) is 3.66. The Labute approximate surface area is 176 Å². The summed E-state index contributed by atoms with van der Waals surface area (Å²) in [6.45, 7) is 3.38. The molecule has 0 spiro atoms. The predicted octanol–water partition coefficient (Wildman–Crippen LogP) is 4.34. The summed E-state index contributed by atoms with van der Waals surface area (Å²) in [4.78, 5) is 22.0. The number of hydrogen-bond acceptors (Lipinski definition) is 4. The monoisotopic (exact) mass is 430 g/mol. The number of alkyl halides is 2. The number of carbonyl (C=O) groups excluding carboxylic acids is 1. The van der Waals surface area contributed by atoms with Crippen LogP contribution in [-0.4, -0.2) is 27.0 Å². The van der Waals surface area contributed by atoms with Crippen molar-refractivity contribution in [3.8, 4) is 17.1 Å². The van der Waals surface area contributed by atoms with Crippen LogP contribution in [0.5, 0.6) is 5.75 Å². The van der Waals surface area contributed by atoms with Gasteiger partial charge in [-0.3, -0.25) is 4.79 Å². The number of benzene rings is 1. The fourth-order valence-corrected chi connectivity index (χ4v) is 3.35. The summed E-state index contributed by atoms with van der Waals surface area (Å²) in [6, 6.07) is 8.77. The number of hydrogen-bond donors (Lipinski definition) is 0. The number of aromatic nitrogens is 3. The summed E-state index contributed by atoms with van der Waals surface area (Å²) in [5.74, 6) is -2.51. The minimum absolute atomic E-state index is 0.0814. The first-order chi connectivity index (χ1) is 14.3. The Morgan fingerprint density at radius 1 is 1.33 bits per heavy atom. The molecular weight excluding hydrogens is 414 g/mol. The number of pyridine rings is 1. The van der Waals surface area contributed by atoms with E-state index >= 15 is 0 Å². The van der Waals surface area contributed by atoms with E-state index in [4.69, 9.17) is 16.3 Å². The molecule has 3 heterocycles. The maximum absolute atomic E-state index is 13.8. The summed E-state index contributed by atoms with van der Waals surface area (Å²) < 4.78 is 34.6. The molecule has 0 bridgehead atoms. The van der Waals surface area contributed by atoms with Crippen LogP contribution in [0.3, 0.4) is 0 Å². The van der Waals surface area contributed by atoms with Crippen LogP contribution in [0.15, 0.2) is 55.4 Å². The fraction of sp³-hybridized carbons (Fsp3) is 0.190. The van der Waals surface area contributed by atoms with Crippen molar-refractivity contribution in [2.75, 3.05) is 11.5 Å².